The van der Waals surface area contributed by atoms with Crippen molar-refractivity contribution in [3.05, 3.63) is 75.5 Å². The van der Waals surface area contributed by atoms with Gasteiger partial charge in [0.1, 0.15) is 18.2 Å². The summed E-state index contributed by atoms with van der Waals surface area (Å²) >= 11 is 1.45. The first-order chi connectivity index (χ1) is 14.0. The van der Waals surface area contributed by atoms with Crippen LogP contribution in [0, 0.1) is 5.82 Å². The number of benzene rings is 1. The van der Waals surface area contributed by atoms with Gasteiger partial charge in [0.15, 0.2) is 5.16 Å². The molecule has 2 heterocycles. The number of carbonyl (C=O) groups excluding carboxylic acids is 1. The molecule has 0 fully saturated rings. The number of rotatable bonds is 7. The van der Waals surface area contributed by atoms with Crippen LogP contribution in [-0.4, -0.2) is 28.3 Å². The fourth-order valence-electron chi connectivity index (χ4n) is 3.17. The van der Waals surface area contributed by atoms with E-state index in [1.165, 1.54) is 30.0 Å². The molecule has 1 aromatic carbocycles. The zero-order valence-electron chi connectivity index (χ0n) is 16.3. The van der Waals surface area contributed by atoms with Gasteiger partial charge >= 0.3 is 5.97 Å². The third-order valence-electron chi connectivity index (χ3n) is 4.42. The lowest BCUT2D eigenvalue weighted by Crippen LogP contribution is -2.31. The van der Waals surface area contributed by atoms with E-state index >= 15 is 0 Å². The van der Waals surface area contributed by atoms with Crippen molar-refractivity contribution in [1.82, 2.24) is 9.97 Å². The van der Waals surface area contributed by atoms with Crippen molar-refractivity contribution in [1.29, 1.82) is 0 Å². The van der Waals surface area contributed by atoms with E-state index in [0.717, 1.165) is 12.2 Å². The molecule has 6 nitrogen and oxygen atoms in total. The van der Waals surface area contributed by atoms with E-state index in [4.69, 9.17) is 4.74 Å². The SMILES string of the molecule is C=CCOC(=O)C1=C(C)Nc2nc(SCCC)[nH]c(=O)c2[C@H]1c1ccc(F)cc1. The number of H-pyrrole nitrogens is 1. The van der Waals surface area contributed by atoms with Gasteiger partial charge in [-0.05, 0) is 31.0 Å². The fourth-order valence-corrected chi connectivity index (χ4v) is 3.89. The van der Waals surface area contributed by atoms with Gasteiger partial charge < -0.3 is 15.0 Å². The predicted molar refractivity (Wildman–Crippen MR) is 112 cm³/mol. The van der Waals surface area contributed by atoms with Crippen LogP contribution in [0.2, 0.25) is 0 Å². The van der Waals surface area contributed by atoms with Gasteiger partial charge in [0.25, 0.3) is 5.56 Å². The molecule has 0 aliphatic carbocycles. The van der Waals surface area contributed by atoms with Crippen LogP contribution in [-0.2, 0) is 9.53 Å². The Kier molecular flexibility index (Phi) is 6.53. The molecule has 0 amide bonds. The normalized spacial score (nSPS) is 15.5. The molecule has 0 saturated carbocycles. The summed E-state index contributed by atoms with van der Waals surface area (Å²) in [5, 5.41) is 3.58. The number of aromatic amines is 1. The molecule has 1 aliphatic heterocycles. The van der Waals surface area contributed by atoms with Crippen molar-refractivity contribution in [2.45, 2.75) is 31.3 Å². The van der Waals surface area contributed by atoms with Crippen LogP contribution in [0.25, 0.3) is 0 Å². The molecule has 0 spiro atoms. The highest BCUT2D eigenvalue weighted by Gasteiger charge is 2.36. The van der Waals surface area contributed by atoms with Crippen LogP contribution >= 0.6 is 11.8 Å². The Morgan fingerprint density at radius 1 is 1.38 bits per heavy atom. The number of anilines is 1. The highest BCUT2D eigenvalue weighted by Crippen LogP contribution is 2.40. The van der Waals surface area contributed by atoms with E-state index in [9.17, 15) is 14.0 Å². The number of nitrogens with one attached hydrogen (secondary N) is 2. The van der Waals surface area contributed by atoms with E-state index < -0.39 is 17.7 Å². The van der Waals surface area contributed by atoms with Crippen LogP contribution in [0.3, 0.4) is 0 Å². The Hall–Kier alpha value is -2.87. The number of halogens is 1. The lowest BCUT2D eigenvalue weighted by atomic mass is 9.82. The molecule has 1 aliphatic rings. The van der Waals surface area contributed by atoms with E-state index in [0.29, 0.717) is 27.8 Å². The Balaban J connectivity index is 2.15. The van der Waals surface area contributed by atoms with Gasteiger partial charge in [-0.25, -0.2) is 14.2 Å². The van der Waals surface area contributed by atoms with Crippen molar-refractivity contribution in [3.63, 3.8) is 0 Å². The van der Waals surface area contributed by atoms with Gasteiger partial charge in [-0.15, -0.1) is 0 Å². The third-order valence-corrected chi connectivity index (χ3v) is 5.50. The fraction of sp³-hybridized carbons (Fsp3) is 0.286. The molecule has 3 rings (SSSR count). The smallest absolute Gasteiger partial charge is 0.337 e. The number of hydrogen-bond acceptors (Lipinski definition) is 6. The first-order valence-corrected chi connectivity index (χ1v) is 10.2. The summed E-state index contributed by atoms with van der Waals surface area (Å²) in [5.41, 5.74) is 1.36. The molecule has 29 heavy (non-hydrogen) atoms. The zero-order chi connectivity index (χ0) is 21.0. The quantitative estimate of drug-likeness (QED) is 0.308. The minimum absolute atomic E-state index is 0.0415. The number of ether oxygens (including phenoxy) is 1. The molecule has 1 aromatic heterocycles. The van der Waals surface area contributed by atoms with Gasteiger partial charge in [-0.3, -0.25) is 4.79 Å². The largest absolute Gasteiger partial charge is 0.458 e. The lowest BCUT2D eigenvalue weighted by Gasteiger charge is -2.28. The number of aromatic nitrogens is 2. The Bertz CT molecular complexity index is 1010. The Morgan fingerprint density at radius 3 is 2.76 bits per heavy atom. The minimum Gasteiger partial charge on any atom is -0.458 e. The van der Waals surface area contributed by atoms with Gasteiger partial charge in [0, 0.05) is 11.4 Å². The van der Waals surface area contributed by atoms with Crippen LogP contribution in [0.15, 0.2) is 58.1 Å². The zero-order valence-corrected chi connectivity index (χ0v) is 17.1. The van der Waals surface area contributed by atoms with Gasteiger partial charge in [0.05, 0.1) is 17.1 Å². The number of esters is 1. The number of carbonyl (C=O) groups is 1. The summed E-state index contributed by atoms with van der Waals surface area (Å²) in [5.74, 6) is -0.501. The van der Waals surface area contributed by atoms with Crippen LogP contribution in [0.5, 0.6) is 0 Å². The highest BCUT2D eigenvalue weighted by molar-refractivity contribution is 7.99. The maximum absolute atomic E-state index is 13.5. The molecule has 2 N–H and O–H groups in total. The van der Waals surface area contributed by atoms with Crippen LogP contribution in [0.4, 0.5) is 10.2 Å². The molecule has 152 valence electrons. The van der Waals surface area contributed by atoms with Gasteiger partial charge in [-0.2, -0.15) is 0 Å². The number of nitrogens with zero attached hydrogens (tertiary/aromatic N) is 1. The van der Waals surface area contributed by atoms with Gasteiger partial charge in [-0.1, -0.05) is 43.5 Å². The van der Waals surface area contributed by atoms with E-state index in [1.54, 1.807) is 19.1 Å². The summed E-state index contributed by atoms with van der Waals surface area (Å²) in [6.07, 6.45) is 2.41. The standard InChI is InChI=1S/C21H22FN3O3S/c1-4-10-28-20(27)15-12(3)23-18-17(16(15)13-6-8-14(22)9-7-13)19(26)25-21(24-18)29-11-5-2/h4,6-9,16H,1,5,10-11H2,2-3H3,(H2,23,24,25,26)/t16-/m0/s1. The number of thioether (sulfide) groups is 1. The molecule has 0 radical (unpaired) electrons. The van der Waals surface area contributed by atoms with Gasteiger partial charge in [0.2, 0.25) is 0 Å². The van der Waals surface area contributed by atoms with Crippen molar-refractivity contribution in [3.8, 4) is 0 Å². The van der Waals surface area contributed by atoms with Crippen molar-refractivity contribution < 1.29 is 13.9 Å². The molecule has 0 bridgehead atoms. The summed E-state index contributed by atoms with van der Waals surface area (Å²) in [4.78, 5) is 33.1. The molecule has 8 heteroatoms. The van der Waals surface area contributed by atoms with Crippen molar-refractivity contribution in [2.75, 3.05) is 17.7 Å². The lowest BCUT2D eigenvalue weighted by molar-refractivity contribution is -0.138. The van der Waals surface area contributed by atoms with E-state index in [-0.39, 0.29) is 17.7 Å². The first kappa shape index (κ1) is 20.9. The average molecular weight is 415 g/mol. The summed E-state index contributed by atoms with van der Waals surface area (Å²) in [6.45, 7) is 7.36. The predicted octanol–water partition coefficient (Wildman–Crippen LogP) is 3.97. The molecule has 0 unspecified atom stereocenters. The maximum atomic E-state index is 13.5. The molecule has 1 atom stereocenters. The topological polar surface area (TPSA) is 84.1 Å². The number of hydrogen-bond donors (Lipinski definition) is 2. The molecule has 2 aromatic rings. The number of allylic oxidation sites excluding steroid dienone is 1. The van der Waals surface area contributed by atoms with Crippen molar-refractivity contribution >= 4 is 23.5 Å². The molecular weight excluding hydrogens is 393 g/mol. The average Bonchev–Trinajstić information content (AvgIpc) is 2.70. The van der Waals surface area contributed by atoms with E-state index in [2.05, 4.69) is 21.9 Å². The Labute approximate surface area is 172 Å². The summed E-state index contributed by atoms with van der Waals surface area (Å²) in [6, 6.07) is 5.71. The minimum atomic E-state index is -0.731. The van der Waals surface area contributed by atoms with Crippen LogP contribution in [0.1, 0.15) is 37.3 Å². The second kappa shape index (κ2) is 9.09. The van der Waals surface area contributed by atoms with Crippen LogP contribution < -0.4 is 10.9 Å². The molecular formula is C21H22FN3O3S. The maximum Gasteiger partial charge on any atom is 0.337 e. The Morgan fingerprint density at radius 2 is 2.10 bits per heavy atom. The second-order valence-electron chi connectivity index (χ2n) is 6.52. The number of fused-ring (bicyclic) bond motifs is 1. The van der Waals surface area contributed by atoms with Crippen molar-refractivity contribution in [2.24, 2.45) is 0 Å². The molecule has 0 saturated heterocycles. The summed E-state index contributed by atoms with van der Waals surface area (Å²) in [7, 11) is 0. The second-order valence-corrected chi connectivity index (χ2v) is 7.60. The third kappa shape index (κ3) is 4.42. The monoisotopic (exact) mass is 415 g/mol. The first-order valence-electron chi connectivity index (χ1n) is 9.24. The summed E-state index contributed by atoms with van der Waals surface area (Å²) < 4.78 is 18.7. The van der Waals surface area contributed by atoms with E-state index in [1.807, 2.05) is 6.92 Å². The highest BCUT2D eigenvalue weighted by atomic mass is 32.2.